The van der Waals surface area contributed by atoms with Crippen LogP contribution < -0.4 is 17.0 Å². The molecule has 0 radical (unpaired) electrons. The molecule has 1 saturated heterocycles. The molecule has 0 unspecified atom stereocenters. The SMILES string of the molecule is NNC(=O)c1ccc(CN2CCC(C(N)=O)CC2)o1. The molecule has 1 aromatic rings. The molecule has 0 aliphatic carbocycles. The first-order chi connectivity index (χ1) is 9.10. The van der Waals surface area contributed by atoms with Crippen LogP contribution in [0.3, 0.4) is 0 Å². The van der Waals surface area contributed by atoms with Gasteiger partial charge in [-0.3, -0.25) is 19.9 Å². The Kier molecular flexibility index (Phi) is 4.18. The summed E-state index contributed by atoms with van der Waals surface area (Å²) >= 11 is 0. The number of likely N-dealkylation sites (tertiary alicyclic amines) is 1. The van der Waals surface area contributed by atoms with Crippen molar-refractivity contribution in [2.24, 2.45) is 17.5 Å². The van der Waals surface area contributed by atoms with Crippen molar-refractivity contribution in [3.63, 3.8) is 0 Å². The first-order valence-electron chi connectivity index (χ1n) is 6.21. The van der Waals surface area contributed by atoms with Crippen LogP contribution in [0, 0.1) is 5.92 Å². The highest BCUT2D eigenvalue weighted by atomic mass is 16.4. The molecule has 7 heteroatoms. The fourth-order valence-corrected chi connectivity index (χ4v) is 2.25. The number of nitrogens with two attached hydrogens (primary N) is 2. The number of piperidine rings is 1. The number of hydrogen-bond acceptors (Lipinski definition) is 5. The van der Waals surface area contributed by atoms with Gasteiger partial charge in [0.1, 0.15) is 5.76 Å². The molecule has 1 aliphatic rings. The Hall–Kier alpha value is -1.86. The van der Waals surface area contributed by atoms with Crippen LogP contribution in [0.5, 0.6) is 0 Å². The highest BCUT2D eigenvalue weighted by Gasteiger charge is 2.23. The molecule has 0 saturated carbocycles. The predicted octanol–water partition coefficient (Wildman–Crippen LogP) is -0.420. The molecule has 1 fully saturated rings. The number of hydrazine groups is 1. The van der Waals surface area contributed by atoms with Crippen molar-refractivity contribution >= 4 is 11.8 Å². The summed E-state index contributed by atoms with van der Waals surface area (Å²) < 4.78 is 5.39. The summed E-state index contributed by atoms with van der Waals surface area (Å²) in [6.07, 6.45) is 1.54. The molecule has 0 spiro atoms. The quantitative estimate of drug-likeness (QED) is 0.389. The van der Waals surface area contributed by atoms with E-state index in [4.69, 9.17) is 16.0 Å². The van der Waals surface area contributed by atoms with E-state index in [0.29, 0.717) is 12.3 Å². The van der Waals surface area contributed by atoms with E-state index in [1.54, 1.807) is 12.1 Å². The number of nitrogen functional groups attached to an aromatic ring is 1. The van der Waals surface area contributed by atoms with Crippen molar-refractivity contribution in [1.29, 1.82) is 0 Å². The van der Waals surface area contributed by atoms with Crippen LogP contribution in [-0.4, -0.2) is 29.8 Å². The van der Waals surface area contributed by atoms with Gasteiger partial charge < -0.3 is 10.2 Å². The molecule has 1 aliphatic heterocycles. The third-order valence-electron chi connectivity index (χ3n) is 3.39. The van der Waals surface area contributed by atoms with Crippen molar-refractivity contribution in [2.75, 3.05) is 13.1 Å². The number of carbonyl (C=O) groups is 2. The first-order valence-corrected chi connectivity index (χ1v) is 6.21. The Bertz CT molecular complexity index is 463. The van der Waals surface area contributed by atoms with Gasteiger partial charge in [0.25, 0.3) is 0 Å². The molecule has 19 heavy (non-hydrogen) atoms. The van der Waals surface area contributed by atoms with Crippen LogP contribution >= 0.6 is 0 Å². The van der Waals surface area contributed by atoms with E-state index in [2.05, 4.69) is 4.90 Å². The Morgan fingerprint density at radius 1 is 1.37 bits per heavy atom. The van der Waals surface area contributed by atoms with Gasteiger partial charge in [0.15, 0.2) is 5.76 Å². The summed E-state index contributed by atoms with van der Waals surface area (Å²) in [5.74, 6) is 5.24. The average molecular weight is 266 g/mol. The van der Waals surface area contributed by atoms with E-state index >= 15 is 0 Å². The van der Waals surface area contributed by atoms with Crippen molar-refractivity contribution in [3.05, 3.63) is 23.7 Å². The maximum absolute atomic E-state index is 11.2. The lowest BCUT2D eigenvalue weighted by Crippen LogP contribution is -2.38. The van der Waals surface area contributed by atoms with Gasteiger partial charge in [-0.25, -0.2) is 5.84 Å². The van der Waals surface area contributed by atoms with Crippen LogP contribution in [0.4, 0.5) is 0 Å². The number of rotatable bonds is 4. The fourth-order valence-electron chi connectivity index (χ4n) is 2.25. The Morgan fingerprint density at radius 2 is 2.05 bits per heavy atom. The zero-order chi connectivity index (χ0) is 13.8. The molecule has 0 aromatic carbocycles. The number of nitrogens with zero attached hydrogens (tertiary/aromatic N) is 1. The lowest BCUT2D eigenvalue weighted by Gasteiger charge is -2.29. The lowest BCUT2D eigenvalue weighted by molar-refractivity contribution is -0.123. The third kappa shape index (κ3) is 3.33. The average Bonchev–Trinajstić information content (AvgIpc) is 2.87. The van der Waals surface area contributed by atoms with Crippen LogP contribution in [-0.2, 0) is 11.3 Å². The summed E-state index contributed by atoms with van der Waals surface area (Å²) in [6, 6.07) is 3.35. The molecular weight excluding hydrogens is 248 g/mol. The highest BCUT2D eigenvalue weighted by molar-refractivity contribution is 5.90. The highest BCUT2D eigenvalue weighted by Crippen LogP contribution is 2.19. The Morgan fingerprint density at radius 3 is 2.63 bits per heavy atom. The summed E-state index contributed by atoms with van der Waals surface area (Å²) in [4.78, 5) is 24.5. The molecule has 2 heterocycles. The van der Waals surface area contributed by atoms with Gasteiger partial charge in [0.05, 0.1) is 6.54 Å². The number of primary amides is 1. The van der Waals surface area contributed by atoms with Crippen LogP contribution in [0.2, 0.25) is 0 Å². The number of furan rings is 1. The van der Waals surface area contributed by atoms with Gasteiger partial charge in [0, 0.05) is 5.92 Å². The normalized spacial score (nSPS) is 17.3. The zero-order valence-corrected chi connectivity index (χ0v) is 10.6. The fraction of sp³-hybridized carbons (Fsp3) is 0.500. The van der Waals surface area contributed by atoms with Crippen LogP contribution in [0.25, 0.3) is 0 Å². The van der Waals surface area contributed by atoms with Gasteiger partial charge in [-0.2, -0.15) is 0 Å². The summed E-state index contributed by atoms with van der Waals surface area (Å²) in [7, 11) is 0. The van der Waals surface area contributed by atoms with Crippen molar-refractivity contribution in [2.45, 2.75) is 19.4 Å². The summed E-state index contributed by atoms with van der Waals surface area (Å²) in [6.45, 7) is 2.21. The van der Waals surface area contributed by atoms with E-state index in [1.807, 2.05) is 5.43 Å². The number of nitrogens with one attached hydrogen (secondary N) is 1. The van der Waals surface area contributed by atoms with E-state index in [1.165, 1.54) is 0 Å². The van der Waals surface area contributed by atoms with Crippen molar-refractivity contribution < 1.29 is 14.0 Å². The van der Waals surface area contributed by atoms with Gasteiger partial charge in [-0.05, 0) is 38.1 Å². The molecule has 7 nitrogen and oxygen atoms in total. The monoisotopic (exact) mass is 266 g/mol. The molecule has 104 valence electrons. The minimum absolute atomic E-state index is 0.0218. The molecular formula is C12H18N4O3. The topological polar surface area (TPSA) is 115 Å². The first kappa shape index (κ1) is 13.6. The van der Waals surface area contributed by atoms with E-state index in [0.717, 1.165) is 25.9 Å². The number of hydrogen-bond donors (Lipinski definition) is 3. The number of amides is 2. The molecule has 5 N–H and O–H groups in total. The van der Waals surface area contributed by atoms with Crippen LogP contribution in [0.15, 0.2) is 16.5 Å². The maximum Gasteiger partial charge on any atom is 0.300 e. The minimum atomic E-state index is -0.446. The Balaban J connectivity index is 1.87. The second kappa shape index (κ2) is 5.85. The smallest absolute Gasteiger partial charge is 0.300 e. The molecule has 2 rings (SSSR count). The lowest BCUT2D eigenvalue weighted by atomic mass is 9.96. The third-order valence-corrected chi connectivity index (χ3v) is 3.39. The molecule has 0 atom stereocenters. The summed E-state index contributed by atoms with van der Waals surface area (Å²) in [5.41, 5.74) is 7.30. The van der Waals surface area contributed by atoms with E-state index in [9.17, 15) is 9.59 Å². The maximum atomic E-state index is 11.2. The standard InChI is InChI=1S/C12H18N4O3/c13-11(17)8-3-5-16(6-4-8)7-9-1-2-10(19-9)12(18)15-14/h1-2,8H,3-7,14H2,(H2,13,17)(H,15,18). The predicted molar refractivity (Wildman–Crippen MR) is 67.6 cm³/mol. The van der Waals surface area contributed by atoms with E-state index < -0.39 is 5.91 Å². The van der Waals surface area contributed by atoms with Crippen molar-refractivity contribution in [1.82, 2.24) is 10.3 Å². The van der Waals surface area contributed by atoms with E-state index in [-0.39, 0.29) is 17.6 Å². The summed E-state index contributed by atoms with van der Waals surface area (Å²) in [5, 5.41) is 0. The zero-order valence-electron chi connectivity index (χ0n) is 10.6. The molecule has 2 amide bonds. The van der Waals surface area contributed by atoms with Gasteiger partial charge in [0.2, 0.25) is 5.91 Å². The molecule has 1 aromatic heterocycles. The Labute approximate surface area is 110 Å². The second-order valence-corrected chi connectivity index (χ2v) is 4.69. The largest absolute Gasteiger partial charge is 0.455 e. The number of carbonyl (C=O) groups excluding carboxylic acids is 2. The molecule has 0 bridgehead atoms. The van der Waals surface area contributed by atoms with Gasteiger partial charge in [-0.1, -0.05) is 0 Å². The van der Waals surface area contributed by atoms with Crippen LogP contribution in [0.1, 0.15) is 29.2 Å². The van der Waals surface area contributed by atoms with Crippen molar-refractivity contribution in [3.8, 4) is 0 Å². The minimum Gasteiger partial charge on any atom is -0.455 e. The van der Waals surface area contributed by atoms with Gasteiger partial charge in [-0.15, -0.1) is 0 Å². The second-order valence-electron chi connectivity index (χ2n) is 4.69. The van der Waals surface area contributed by atoms with Gasteiger partial charge >= 0.3 is 5.91 Å².